The molecule has 1 aliphatic carbocycles. The predicted molar refractivity (Wildman–Crippen MR) is 27.2 cm³/mol. The molecule has 3 nitrogen and oxygen atoms in total. The number of aliphatic carboxylic acids is 1. The number of quaternary nitrogens is 1. The van der Waals surface area contributed by atoms with Crippen molar-refractivity contribution in [2.45, 2.75) is 24.9 Å². The van der Waals surface area contributed by atoms with E-state index in [0.29, 0.717) is 12.0 Å². The van der Waals surface area contributed by atoms with Gasteiger partial charge in [0.2, 0.25) is 0 Å². The first-order valence-corrected chi connectivity index (χ1v) is 3.33. The fourth-order valence-corrected chi connectivity index (χ4v) is 1.66. The number of hydrogen-bond donors (Lipinski definition) is 1. The fourth-order valence-electron chi connectivity index (χ4n) is 1.66. The highest BCUT2D eigenvalue weighted by Gasteiger charge is 2.50. The van der Waals surface area contributed by atoms with Gasteiger partial charge in [0.15, 0.2) is 0 Å². The summed E-state index contributed by atoms with van der Waals surface area (Å²) in [6.07, 6.45) is 2.07. The molecule has 3 heteroatoms. The van der Waals surface area contributed by atoms with Gasteiger partial charge in [-0.05, 0) is 0 Å². The minimum Gasteiger partial charge on any atom is -0.544 e. The molecule has 50 valence electrons. The number of nitrogens with two attached hydrogens (primary N) is 1. The van der Waals surface area contributed by atoms with Crippen molar-refractivity contribution in [1.29, 1.82) is 0 Å². The van der Waals surface area contributed by atoms with Crippen LogP contribution in [0.15, 0.2) is 0 Å². The van der Waals surface area contributed by atoms with Crippen LogP contribution in [0.4, 0.5) is 0 Å². The van der Waals surface area contributed by atoms with Crippen LogP contribution in [0, 0.1) is 5.92 Å². The van der Waals surface area contributed by atoms with Crippen molar-refractivity contribution >= 4 is 5.97 Å². The maximum Gasteiger partial charge on any atom is 0.127 e. The Morgan fingerprint density at radius 2 is 2.33 bits per heavy atom. The Kier molecular flexibility index (Phi) is 0.858. The smallest absolute Gasteiger partial charge is 0.127 e. The summed E-state index contributed by atoms with van der Waals surface area (Å²) in [7, 11) is 0. The maximum atomic E-state index is 10.2. The predicted octanol–water partition coefficient (Wildman–Crippen LogP) is -2.54. The van der Waals surface area contributed by atoms with Gasteiger partial charge >= 0.3 is 0 Å². The minimum absolute atomic E-state index is 0.228. The van der Waals surface area contributed by atoms with Crippen LogP contribution in [0.5, 0.6) is 0 Å². The second-order valence-electron chi connectivity index (χ2n) is 3.01. The van der Waals surface area contributed by atoms with E-state index in [2.05, 4.69) is 0 Å². The number of carbonyl (C=O) groups excluding carboxylic acids is 1. The molecule has 0 unspecified atom stereocenters. The summed E-state index contributed by atoms with van der Waals surface area (Å²) in [6.45, 7) is 0. The summed E-state index contributed by atoms with van der Waals surface area (Å²) in [5.41, 5.74) is 0. The van der Waals surface area contributed by atoms with Gasteiger partial charge < -0.3 is 15.2 Å². The Hall–Kier alpha value is -0.570. The van der Waals surface area contributed by atoms with E-state index in [-0.39, 0.29) is 6.04 Å². The van der Waals surface area contributed by atoms with Gasteiger partial charge in [0.05, 0.1) is 12.0 Å². The van der Waals surface area contributed by atoms with Gasteiger partial charge in [-0.1, -0.05) is 0 Å². The van der Waals surface area contributed by atoms with Crippen LogP contribution in [0.25, 0.3) is 0 Å². The lowest BCUT2D eigenvalue weighted by Crippen LogP contribution is -2.92. The molecule has 1 saturated carbocycles. The van der Waals surface area contributed by atoms with E-state index >= 15 is 0 Å². The molecular formula is C6H9NO2. The Morgan fingerprint density at radius 3 is 2.67 bits per heavy atom. The van der Waals surface area contributed by atoms with Gasteiger partial charge in [-0.3, -0.25) is 0 Å². The molecule has 2 rings (SSSR count). The Morgan fingerprint density at radius 1 is 1.56 bits per heavy atom. The van der Waals surface area contributed by atoms with E-state index in [1.54, 1.807) is 0 Å². The van der Waals surface area contributed by atoms with Crippen molar-refractivity contribution in [3.63, 3.8) is 0 Å². The first kappa shape index (κ1) is 5.23. The van der Waals surface area contributed by atoms with Crippen LogP contribution in [-0.2, 0) is 4.79 Å². The largest absolute Gasteiger partial charge is 0.544 e. The molecule has 1 aliphatic heterocycles. The van der Waals surface area contributed by atoms with Crippen LogP contribution in [0.2, 0.25) is 0 Å². The summed E-state index contributed by atoms with van der Waals surface area (Å²) in [5, 5.41) is 12.2. The number of hydrogen-bond acceptors (Lipinski definition) is 2. The summed E-state index contributed by atoms with van der Waals surface area (Å²) < 4.78 is 0. The van der Waals surface area contributed by atoms with Crippen molar-refractivity contribution in [3.8, 4) is 0 Å². The zero-order valence-corrected chi connectivity index (χ0v) is 5.04. The molecule has 2 aliphatic rings. The lowest BCUT2D eigenvalue weighted by Gasteiger charge is -2.08. The lowest BCUT2D eigenvalue weighted by atomic mass is 10.2. The standard InChI is InChI=1S/C6H9NO2/c8-6(9)5-2-3-1-4(3)7-5/h3-5,7H,1-2H2,(H,8,9)/t3-,4-,5-/m0/s1. The zero-order valence-electron chi connectivity index (χ0n) is 5.04. The van der Waals surface area contributed by atoms with Gasteiger partial charge in [-0.15, -0.1) is 0 Å². The summed E-state index contributed by atoms with van der Waals surface area (Å²) in [5.74, 6) is -0.185. The number of carboxylic acid groups (broad SMARTS) is 1. The third-order valence-corrected chi connectivity index (χ3v) is 2.32. The number of carboxylic acids is 1. The van der Waals surface area contributed by atoms with Crippen LogP contribution >= 0.6 is 0 Å². The molecule has 0 aromatic heterocycles. The molecule has 1 saturated heterocycles. The average Bonchev–Trinajstić information content (AvgIpc) is 2.40. The molecule has 0 aromatic rings. The number of carbonyl (C=O) groups is 1. The Labute approximate surface area is 53.1 Å². The van der Waals surface area contributed by atoms with Crippen LogP contribution in [-0.4, -0.2) is 18.1 Å². The van der Waals surface area contributed by atoms with Gasteiger partial charge in [-0.2, -0.15) is 0 Å². The quantitative estimate of drug-likeness (QED) is 0.422. The minimum atomic E-state index is -0.887. The van der Waals surface area contributed by atoms with Crippen molar-refractivity contribution < 1.29 is 15.2 Å². The highest BCUT2D eigenvalue weighted by molar-refractivity contribution is 5.69. The van der Waals surface area contributed by atoms with Gasteiger partial charge in [0, 0.05) is 18.8 Å². The summed E-state index contributed by atoms with van der Waals surface area (Å²) in [6, 6.07) is 0.404. The molecule has 0 amide bonds. The lowest BCUT2D eigenvalue weighted by molar-refractivity contribution is -0.683. The zero-order chi connectivity index (χ0) is 6.43. The Bertz CT molecular complexity index is 147. The highest BCUT2D eigenvalue weighted by Crippen LogP contribution is 2.35. The molecule has 0 aromatic carbocycles. The normalized spacial score (nSPS) is 46.4. The first-order valence-electron chi connectivity index (χ1n) is 3.33. The third kappa shape index (κ3) is 0.721. The van der Waals surface area contributed by atoms with E-state index < -0.39 is 5.97 Å². The van der Waals surface area contributed by atoms with E-state index in [4.69, 9.17) is 0 Å². The van der Waals surface area contributed by atoms with Crippen molar-refractivity contribution in [2.75, 3.05) is 0 Å². The molecule has 2 fully saturated rings. The van der Waals surface area contributed by atoms with E-state index in [0.717, 1.165) is 6.42 Å². The Balaban J connectivity index is 1.97. The highest BCUT2D eigenvalue weighted by atomic mass is 16.4. The summed E-state index contributed by atoms with van der Waals surface area (Å²) >= 11 is 0. The molecule has 3 atom stereocenters. The van der Waals surface area contributed by atoms with E-state index in [1.807, 2.05) is 5.32 Å². The number of rotatable bonds is 1. The maximum absolute atomic E-state index is 10.2. The fraction of sp³-hybridized carbons (Fsp3) is 0.833. The first-order chi connectivity index (χ1) is 4.27. The average molecular weight is 127 g/mol. The van der Waals surface area contributed by atoms with E-state index in [9.17, 15) is 9.90 Å². The van der Waals surface area contributed by atoms with Crippen molar-refractivity contribution in [3.05, 3.63) is 0 Å². The molecular weight excluding hydrogens is 118 g/mol. The second kappa shape index (κ2) is 1.48. The molecule has 9 heavy (non-hydrogen) atoms. The third-order valence-electron chi connectivity index (χ3n) is 2.32. The van der Waals surface area contributed by atoms with Crippen molar-refractivity contribution in [2.24, 2.45) is 5.92 Å². The van der Waals surface area contributed by atoms with Crippen molar-refractivity contribution in [1.82, 2.24) is 0 Å². The van der Waals surface area contributed by atoms with Gasteiger partial charge in [0.1, 0.15) is 6.04 Å². The molecule has 0 bridgehead atoms. The van der Waals surface area contributed by atoms with Crippen LogP contribution < -0.4 is 10.4 Å². The summed E-state index contributed by atoms with van der Waals surface area (Å²) in [4.78, 5) is 10.2. The molecule has 2 N–H and O–H groups in total. The SMILES string of the molecule is O=C([O-])[C@@H]1C[C@@H]2C[C@@H]2[NH2+]1. The monoisotopic (exact) mass is 127 g/mol. The molecule has 0 spiro atoms. The number of piperidine rings is 1. The second-order valence-corrected chi connectivity index (χ2v) is 3.01. The van der Waals surface area contributed by atoms with E-state index in [1.165, 1.54) is 6.42 Å². The van der Waals surface area contributed by atoms with Gasteiger partial charge in [-0.25, -0.2) is 0 Å². The molecule has 0 radical (unpaired) electrons. The molecule has 1 heterocycles. The topological polar surface area (TPSA) is 56.7 Å². The number of fused-ring (bicyclic) bond motifs is 1. The van der Waals surface area contributed by atoms with Crippen LogP contribution in [0.1, 0.15) is 12.8 Å². The van der Waals surface area contributed by atoms with Crippen LogP contribution in [0.3, 0.4) is 0 Å². The van der Waals surface area contributed by atoms with Gasteiger partial charge in [0.25, 0.3) is 0 Å².